The van der Waals surface area contributed by atoms with Crippen LogP contribution < -0.4 is 5.32 Å². The van der Waals surface area contributed by atoms with Crippen molar-refractivity contribution in [3.63, 3.8) is 0 Å². The molecule has 0 bridgehead atoms. The number of carbonyl (C=O) groups excluding carboxylic acids is 2. The van der Waals surface area contributed by atoms with Crippen molar-refractivity contribution in [1.82, 2.24) is 0 Å². The molecule has 0 spiro atoms. The number of halogens is 1. The third-order valence-corrected chi connectivity index (χ3v) is 2.56. The molecule has 0 saturated carbocycles. The van der Waals surface area contributed by atoms with Crippen molar-refractivity contribution < 1.29 is 9.59 Å². The van der Waals surface area contributed by atoms with Crippen molar-refractivity contribution in [3.8, 4) is 0 Å². The number of hydrogen-bond donors (Lipinski definition) is 1. The molecule has 0 radical (unpaired) electrons. The molecule has 0 aromatic heterocycles. The second-order valence-corrected chi connectivity index (χ2v) is 4.15. The quantitative estimate of drug-likeness (QED) is 0.799. The second kappa shape index (κ2) is 5.17. The Morgan fingerprint density at radius 3 is 2.36 bits per heavy atom. The van der Waals surface area contributed by atoms with Crippen LogP contribution in [-0.2, 0) is 9.59 Å². The Kier molecular flexibility index (Phi) is 4.16. The van der Waals surface area contributed by atoms with Crippen molar-refractivity contribution in [2.24, 2.45) is 0 Å². The molecular formula is C9H8BrNO2S. The molecule has 0 saturated heterocycles. The fourth-order valence-corrected chi connectivity index (χ4v) is 1.31. The summed E-state index contributed by atoms with van der Waals surface area (Å²) in [5.41, 5.74) is 0.612. The molecule has 0 heterocycles. The first kappa shape index (κ1) is 11.3. The third kappa shape index (κ3) is 3.16. The Balaban J connectivity index is 2.65. The first-order valence-electron chi connectivity index (χ1n) is 3.78. The van der Waals surface area contributed by atoms with Gasteiger partial charge in [0.15, 0.2) is 0 Å². The highest BCUT2D eigenvalue weighted by Crippen LogP contribution is 2.14. The number of carbonyl (C=O) groups is 2. The normalized spacial score (nSPS) is 9.57. The highest BCUT2D eigenvalue weighted by Gasteiger charge is 2.11. The largest absolute Gasteiger partial charge is 0.319 e. The molecule has 1 N–H and O–H groups in total. The predicted molar refractivity (Wildman–Crippen MR) is 61.3 cm³/mol. The van der Waals surface area contributed by atoms with Crippen LogP contribution in [0.2, 0.25) is 0 Å². The standard InChI is InChI=1S/C9H8BrNO2S/c1-14-9(13)8(12)11-7-4-2-6(10)3-5-7/h2-5H,1H3,(H,11,12). The zero-order chi connectivity index (χ0) is 10.6. The number of hydrogen-bond acceptors (Lipinski definition) is 3. The Bertz CT molecular complexity index is 350. The fraction of sp³-hybridized carbons (Fsp3) is 0.111. The summed E-state index contributed by atoms with van der Waals surface area (Å²) >= 11 is 4.17. The molecule has 0 fully saturated rings. The molecule has 0 unspecified atom stereocenters. The fourth-order valence-electron chi connectivity index (χ4n) is 0.808. The van der Waals surface area contributed by atoms with Crippen LogP contribution >= 0.6 is 27.7 Å². The van der Waals surface area contributed by atoms with E-state index >= 15 is 0 Å². The third-order valence-electron chi connectivity index (χ3n) is 1.47. The number of benzene rings is 1. The van der Waals surface area contributed by atoms with Crippen molar-refractivity contribution in [2.45, 2.75) is 0 Å². The number of thioether (sulfide) groups is 1. The summed E-state index contributed by atoms with van der Waals surface area (Å²) in [5.74, 6) is -0.597. The topological polar surface area (TPSA) is 46.2 Å². The lowest BCUT2D eigenvalue weighted by molar-refractivity contribution is -0.129. The first-order chi connectivity index (χ1) is 6.63. The summed E-state index contributed by atoms with van der Waals surface area (Å²) in [7, 11) is 0. The lowest BCUT2D eigenvalue weighted by atomic mass is 10.3. The van der Waals surface area contributed by atoms with Crippen LogP contribution in [0.15, 0.2) is 28.7 Å². The summed E-state index contributed by atoms with van der Waals surface area (Å²) in [4.78, 5) is 22.1. The Morgan fingerprint density at radius 1 is 1.29 bits per heavy atom. The van der Waals surface area contributed by atoms with Crippen molar-refractivity contribution >= 4 is 44.4 Å². The highest BCUT2D eigenvalue weighted by molar-refractivity contribution is 9.10. The Hall–Kier alpha value is -0.810. The van der Waals surface area contributed by atoms with Gasteiger partial charge < -0.3 is 5.32 Å². The minimum Gasteiger partial charge on any atom is -0.319 e. The van der Waals surface area contributed by atoms with Gasteiger partial charge in [0.1, 0.15) is 0 Å². The van der Waals surface area contributed by atoms with E-state index in [4.69, 9.17) is 0 Å². The number of nitrogens with one attached hydrogen (secondary N) is 1. The van der Waals surface area contributed by atoms with Crippen LogP contribution in [0.5, 0.6) is 0 Å². The van der Waals surface area contributed by atoms with Crippen LogP contribution in [0, 0.1) is 0 Å². The van der Waals surface area contributed by atoms with Gasteiger partial charge in [-0.25, -0.2) is 0 Å². The molecule has 1 rings (SSSR count). The van der Waals surface area contributed by atoms with E-state index in [1.54, 1.807) is 30.5 Å². The Labute approximate surface area is 94.4 Å². The number of anilines is 1. The van der Waals surface area contributed by atoms with Crippen LogP contribution in [0.25, 0.3) is 0 Å². The maximum absolute atomic E-state index is 11.1. The van der Waals surface area contributed by atoms with Crippen LogP contribution in [0.4, 0.5) is 5.69 Å². The first-order valence-corrected chi connectivity index (χ1v) is 5.80. The van der Waals surface area contributed by atoms with E-state index in [9.17, 15) is 9.59 Å². The second-order valence-electron chi connectivity index (χ2n) is 2.45. The van der Waals surface area contributed by atoms with Crippen LogP contribution in [0.1, 0.15) is 0 Å². The molecule has 74 valence electrons. The number of rotatable bonds is 1. The molecule has 1 aromatic carbocycles. The van der Waals surface area contributed by atoms with Crippen LogP contribution in [-0.4, -0.2) is 17.3 Å². The van der Waals surface area contributed by atoms with E-state index < -0.39 is 11.0 Å². The average molecular weight is 274 g/mol. The maximum Gasteiger partial charge on any atom is 0.302 e. The van der Waals surface area contributed by atoms with Gasteiger partial charge in [0.25, 0.3) is 5.12 Å². The molecule has 5 heteroatoms. The van der Waals surface area contributed by atoms with Gasteiger partial charge in [-0.3, -0.25) is 9.59 Å². The van der Waals surface area contributed by atoms with E-state index in [-0.39, 0.29) is 0 Å². The molecule has 1 amide bonds. The average Bonchev–Trinajstić information content (AvgIpc) is 2.20. The highest BCUT2D eigenvalue weighted by atomic mass is 79.9. The molecule has 1 aromatic rings. The molecular weight excluding hydrogens is 266 g/mol. The van der Waals surface area contributed by atoms with E-state index in [0.29, 0.717) is 5.69 Å². The SMILES string of the molecule is CSC(=O)C(=O)Nc1ccc(Br)cc1. The van der Waals surface area contributed by atoms with Gasteiger partial charge in [0, 0.05) is 10.2 Å². The smallest absolute Gasteiger partial charge is 0.302 e. The molecule has 0 atom stereocenters. The zero-order valence-electron chi connectivity index (χ0n) is 7.41. The van der Waals surface area contributed by atoms with Gasteiger partial charge in [-0.15, -0.1) is 0 Å². The van der Waals surface area contributed by atoms with Gasteiger partial charge in [0.2, 0.25) is 0 Å². The van der Waals surface area contributed by atoms with Gasteiger partial charge in [0.05, 0.1) is 0 Å². The molecule has 14 heavy (non-hydrogen) atoms. The number of amides is 1. The van der Waals surface area contributed by atoms with Crippen molar-refractivity contribution in [2.75, 3.05) is 11.6 Å². The lowest BCUT2D eigenvalue weighted by Gasteiger charge is -2.02. The van der Waals surface area contributed by atoms with E-state index in [2.05, 4.69) is 21.2 Å². The molecule has 0 aliphatic carbocycles. The molecule has 0 aliphatic rings. The summed E-state index contributed by atoms with van der Waals surface area (Å²) in [6.07, 6.45) is 1.57. The zero-order valence-corrected chi connectivity index (χ0v) is 9.81. The van der Waals surface area contributed by atoms with Crippen molar-refractivity contribution in [1.29, 1.82) is 0 Å². The summed E-state index contributed by atoms with van der Waals surface area (Å²) in [6.45, 7) is 0. The summed E-state index contributed by atoms with van der Waals surface area (Å²) in [5, 5.41) is 2.00. The summed E-state index contributed by atoms with van der Waals surface area (Å²) in [6, 6.07) is 7.02. The van der Waals surface area contributed by atoms with Crippen LogP contribution in [0.3, 0.4) is 0 Å². The molecule has 0 aliphatic heterocycles. The van der Waals surface area contributed by atoms with Gasteiger partial charge in [-0.1, -0.05) is 27.7 Å². The van der Waals surface area contributed by atoms with Gasteiger partial charge in [-0.2, -0.15) is 0 Å². The van der Waals surface area contributed by atoms with E-state index in [1.165, 1.54) is 0 Å². The minimum atomic E-state index is -0.597. The van der Waals surface area contributed by atoms with Gasteiger partial charge in [-0.05, 0) is 30.5 Å². The summed E-state index contributed by atoms with van der Waals surface area (Å²) < 4.78 is 0.923. The van der Waals surface area contributed by atoms with Crippen molar-refractivity contribution in [3.05, 3.63) is 28.7 Å². The van der Waals surface area contributed by atoms with E-state index in [1.807, 2.05) is 0 Å². The van der Waals surface area contributed by atoms with E-state index in [0.717, 1.165) is 16.2 Å². The predicted octanol–water partition coefficient (Wildman–Crippen LogP) is 2.28. The lowest BCUT2D eigenvalue weighted by Crippen LogP contribution is -2.19. The maximum atomic E-state index is 11.1. The van der Waals surface area contributed by atoms with Gasteiger partial charge >= 0.3 is 5.91 Å². The monoisotopic (exact) mass is 273 g/mol. The minimum absolute atomic E-state index is 0.493. The molecule has 3 nitrogen and oxygen atoms in total. The Morgan fingerprint density at radius 2 is 1.86 bits per heavy atom.